The van der Waals surface area contributed by atoms with Gasteiger partial charge in [0.25, 0.3) is 5.91 Å². The van der Waals surface area contributed by atoms with Crippen LogP contribution in [-0.2, 0) is 0 Å². The molecule has 2 fully saturated rings. The number of piperidine rings is 2. The summed E-state index contributed by atoms with van der Waals surface area (Å²) < 4.78 is 19.9. The van der Waals surface area contributed by atoms with E-state index in [9.17, 15) is 14.3 Å². The third-order valence-corrected chi connectivity index (χ3v) is 6.86. The first-order valence-electron chi connectivity index (χ1n) is 12.5. The molecule has 0 radical (unpaired) electrons. The SMILES string of the molecule is CC(C)(F)CN1CCC(COc2ccc(-c3ccc(C(=O)N4CCC(O)CC4)cc3)cc2)CC1. The fourth-order valence-electron chi connectivity index (χ4n) is 4.86. The fraction of sp³-hybridized carbons (Fsp3) is 0.536. The summed E-state index contributed by atoms with van der Waals surface area (Å²) in [6.07, 6.45) is 3.09. The second kappa shape index (κ2) is 10.9. The van der Waals surface area contributed by atoms with Crippen LogP contribution in [0.4, 0.5) is 4.39 Å². The van der Waals surface area contributed by atoms with E-state index in [2.05, 4.69) is 4.90 Å². The van der Waals surface area contributed by atoms with E-state index in [-0.39, 0.29) is 12.0 Å². The lowest BCUT2D eigenvalue weighted by Crippen LogP contribution is -2.41. The number of ether oxygens (including phenoxy) is 1. The van der Waals surface area contributed by atoms with Crippen LogP contribution in [0.3, 0.4) is 0 Å². The van der Waals surface area contributed by atoms with Gasteiger partial charge in [-0.25, -0.2) is 4.39 Å². The molecule has 184 valence electrons. The number of carbonyl (C=O) groups is 1. The Kier molecular flexibility index (Phi) is 7.89. The van der Waals surface area contributed by atoms with Gasteiger partial charge in [-0.15, -0.1) is 0 Å². The molecule has 0 spiro atoms. The highest BCUT2D eigenvalue weighted by Crippen LogP contribution is 2.25. The van der Waals surface area contributed by atoms with E-state index >= 15 is 0 Å². The molecule has 2 aliphatic rings. The topological polar surface area (TPSA) is 53.0 Å². The molecule has 0 aliphatic carbocycles. The van der Waals surface area contributed by atoms with Crippen molar-refractivity contribution in [2.75, 3.05) is 39.3 Å². The Bertz CT molecular complexity index is 924. The monoisotopic (exact) mass is 468 g/mol. The minimum Gasteiger partial charge on any atom is -0.493 e. The Labute approximate surface area is 202 Å². The molecular formula is C28H37FN2O3. The van der Waals surface area contributed by atoms with E-state index in [1.807, 2.05) is 53.4 Å². The Hall–Kier alpha value is -2.44. The molecule has 1 amide bonds. The molecule has 0 saturated carbocycles. The molecular weight excluding hydrogens is 431 g/mol. The fourth-order valence-corrected chi connectivity index (χ4v) is 4.86. The summed E-state index contributed by atoms with van der Waals surface area (Å²) >= 11 is 0. The number of hydrogen-bond donors (Lipinski definition) is 1. The molecule has 0 atom stereocenters. The highest BCUT2D eigenvalue weighted by Gasteiger charge is 2.25. The number of aliphatic hydroxyl groups excluding tert-OH is 1. The van der Waals surface area contributed by atoms with Crippen molar-refractivity contribution in [3.8, 4) is 16.9 Å². The summed E-state index contributed by atoms with van der Waals surface area (Å²) in [5, 5.41) is 9.64. The van der Waals surface area contributed by atoms with E-state index in [1.165, 1.54) is 0 Å². The first-order chi connectivity index (χ1) is 16.3. The predicted molar refractivity (Wildman–Crippen MR) is 133 cm³/mol. The molecule has 0 aromatic heterocycles. The molecule has 5 nitrogen and oxygen atoms in total. The van der Waals surface area contributed by atoms with E-state index in [1.54, 1.807) is 13.8 Å². The molecule has 2 aliphatic heterocycles. The maximum atomic E-state index is 13.8. The summed E-state index contributed by atoms with van der Waals surface area (Å²) in [5.41, 5.74) is 1.68. The van der Waals surface area contributed by atoms with Gasteiger partial charge in [-0.1, -0.05) is 24.3 Å². The van der Waals surface area contributed by atoms with Crippen LogP contribution in [-0.4, -0.2) is 71.9 Å². The van der Waals surface area contributed by atoms with Crippen LogP contribution in [0, 0.1) is 5.92 Å². The van der Waals surface area contributed by atoms with Crippen molar-refractivity contribution in [2.45, 2.75) is 51.3 Å². The van der Waals surface area contributed by atoms with Crippen LogP contribution in [0.5, 0.6) is 5.75 Å². The third kappa shape index (κ3) is 6.80. The van der Waals surface area contributed by atoms with Crippen LogP contribution in [0.1, 0.15) is 49.9 Å². The van der Waals surface area contributed by atoms with Crippen LogP contribution in [0.25, 0.3) is 11.1 Å². The lowest BCUT2D eigenvalue weighted by molar-refractivity contribution is 0.0546. The third-order valence-electron chi connectivity index (χ3n) is 6.86. The summed E-state index contributed by atoms with van der Waals surface area (Å²) in [7, 11) is 0. The number of hydrogen-bond acceptors (Lipinski definition) is 4. The normalized spacial score (nSPS) is 18.8. The minimum absolute atomic E-state index is 0.0291. The number of nitrogens with zero attached hydrogens (tertiary/aromatic N) is 2. The Balaban J connectivity index is 1.25. The van der Waals surface area contributed by atoms with Crippen molar-refractivity contribution < 1.29 is 19.0 Å². The lowest BCUT2D eigenvalue weighted by Gasteiger charge is -2.34. The highest BCUT2D eigenvalue weighted by atomic mass is 19.1. The summed E-state index contributed by atoms with van der Waals surface area (Å²) in [5.74, 6) is 1.39. The van der Waals surface area contributed by atoms with Gasteiger partial charge in [-0.2, -0.15) is 0 Å². The molecule has 2 aromatic rings. The summed E-state index contributed by atoms with van der Waals surface area (Å²) in [6, 6.07) is 15.8. The second-order valence-corrected chi connectivity index (χ2v) is 10.4. The molecule has 2 aromatic carbocycles. The minimum atomic E-state index is -1.14. The quantitative estimate of drug-likeness (QED) is 0.635. The predicted octanol–water partition coefficient (Wildman–Crippen LogP) is 4.79. The number of carbonyl (C=O) groups excluding carboxylic acids is 1. The average Bonchev–Trinajstić information content (AvgIpc) is 2.83. The van der Waals surface area contributed by atoms with E-state index < -0.39 is 5.67 Å². The van der Waals surface area contributed by atoms with E-state index in [0.717, 1.165) is 42.8 Å². The van der Waals surface area contributed by atoms with Crippen LogP contribution >= 0.6 is 0 Å². The maximum absolute atomic E-state index is 13.8. The highest BCUT2D eigenvalue weighted by molar-refractivity contribution is 5.94. The molecule has 0 bridgehead atoms. The number of benzene rings is 2. The molecule has 1 N–H and O–H groups in total. The van der Waals surface area contributed by atoms with Crippen LogP contribution in [0.2, 0.25) is 0 Å². The zero-order chi connectivity index (χ0) is 24.1. The number of alkyl halides is 1. The summed E-state index contributed by atoms with van der Waals surface area (Å²) in [4.78, 5) is 16.7. The van der Waals surface area contributed by atoms with Crippen molar-refractivity contribution in [2.24, 2.45) is 5.92 Å². The molecule has 34 heavy (non-hydrogen) atoms. The molecule has 2 saturated heterocycles. The Morgan fingerprint density at radius 1 is 0.941 bits per heavy atom. The first-order valence-corrected chi connectivity index (χ1v) is 12.5. The van der Waals surface area contributed by atoms with Gasteiger partial charge in [0, 0.05) is 25.2 Å². The Morgan fingerprint density at radius 2 is 1.50 bits per heavy atom. The zero-order valence-electron chi connectivity index (χ0n) is 20.4. The van der Waals surface area contributed by atoms with Crippen molar-refractivity contribution in [3.63, 3.8) is 0 Å². The summed E-state index contributed by atoms with van der Waals surface area (Å²) in [6.45, 7) is 7.55. The number of aliphatic hydroxyl groups is 1. The largest absolute Gasteiger partial charge is 0.493 e. The molecule has 6 heteroatoms. The first kappa shape index (κ1) is 24.7. The van der Waals surface area contributed by atoms with Crippen LogP contribution < -0.4 is 4.74 Å². The number of likely N-dealkylation sites (tertiary alicyclic amines) is 2. The smallest absolute Gasteiger partial charge is 0.253 e. The van der Waals surface area contributed by atoms with Crippen molar-refractivity contribution in [3.05, 3.63) is 54.1 Å². The molecule has 4 rings (SSSR count). The van der Waals surface area contributed by atoms with Crippen molar-refractivity contribution in [1.82, 2.24) is 9.80 Å². The zero-order valence-corrected chi connectivity index (χ0v) is 20.4. The number of amides is 1. The number of rotatable bonds is 7. The maximum Gasteiger partial charge on any atom is 0.253 e. The van der Waals surface area contributed by atoms with Gasteiger partial charge in [0.2, 0.25) is 0 Å². The lowest BCUT2D eigenvalue weighted by atomic mass is 9.97. The van der Waals surface area contributed by atoms with Gasteiger partial charge in [0.05, 0.1) is 12.7 Å². The van der Waals surface area contributed by atoms with Crippen molar-refractivity contribution in [1.29, 1.82) is 0 Å². The van der Waals surface area contributed by atoms with Crippen molar-refractivity contribution >= 4 is 5.91 Å². The number of halogens is 1. The standard InChI is InChI=1S/C28H37FN2O3/c1-28(2,29)20-30-15-11-21(12-16-30)19-34-26-9-7-23(8-10-26)22-3-5-24(6-4-22)27(33)31-17-13-25(32)14-18-31/h3-10,21,25,32H,11-20H2,1-2H3. The second-order valence-electron chi connectivity index (χ2n) is 10.4. The molecule has 2 heterocycles. The average molecular weight is 469 g/mol. The van der Waals surface area contributed by atoms with E-state index in [4.69, 9.17) is 4.74 Å². The van der Waals surface area contributed by atoms with Gasteiger partial charge >= 0.3 is 0 Å². The molecule has 0 unspecified atom stereocenters. The van der Waals surface area contributed by atoms with Gasteiger partial charge in [-0.05, 0) is 93.9 Å². The van der Waals surface area contributed by atoms with E-state index in [0.29, 0.717) is 50.6 Å². The Morgan fingerprint density at radius 3 is 2.06 bits per heavy atom. The van der Waals surface area contributed by atoms with Crippen LogP contribution in [0.15, 0.2) is 48.5 Å². The van der Waals surface area contributed by atoms with Gasteiger partial charge < -0.3 is 19.6 Å². The van der Waals surface area contributed by atoms with Gasteiger partial charge in [0.1, 0.15) is 11.4 Å². The van der Waals surface area contributed by atoms with Gasteiger partial charge in [0.15, 0.2) is 0 Å². The van der Waals surface area contributed by atoms with Gasteiger partial charge in [-0.3, -0.25) is 4.79 Å².